The van der Waals surface area contributed by atoms with Gasteiger partial charge in [0, 0.05) is 31.7 Å². The molecule has 0 aromatic carbocycles. The van der Waals surface area contributed by atoms with E-state index in [0.29, 0.717) is 12.8 Å². The normalized spacial score (nSPS) is 34.1. The summed E-state index contributed by atoms with van der Waals surface area (Å²) in [6.45, 7) is 3.79. The number of methoxy groups -OCH3 is 1. The average Bonchev–Trinajstić information content (AvgIpc) is 2.66. The van der Waals surface area contributed by atoms with E-state index in [1.54, 1.807) is 6.08 Å². The summed E-state index contributed by atoms with van der Waals surface area (Å²) in [4.78, 5) is 0. The van der Waals surface area contributed by atoms with Gasteiger partial charge in [-0.2, -0.15) is 0 Å². The van der Waals surface area contributed by atoms with Crippen molar-refractivity contribution in [3.63, 3.8) is 0 Å². The molecule has 6 nitrogen and oxygen atoms in total. The Balaban J connectivity index is 2.78. The SMILES string of the molecule is C=CC[C@@H]1O[C@H](C[C@H](O)CN)[C@H](OC)[C@H]1CS(=O)[O-]. The maximum atomic E-state index is 10.9. The van der Waals surface area contributed by atoms with Crippen LogP contribution in [0.2, 0.25) is 0 Å². The lowest BCUT2D eigenvalue weighted by atomic mass is 9.94. The molecule has 1 fully saturated rings. The van der Waals surface area contributed by atoms with Gasteiger partial charge in [-0.05, 0) is 6.42 Å². The first-order valence-corrected chi connectivity index (χ1v) is 7.51. The molecule has 0 saturated carbocycles. The molecule has 1 heterocycles. The molecule has 0 aliphatic carbocycles. The molecule has 1 unspecified atom stereocenters. The minimum Gasteiger partial charge on any atom is -0.772 e. The summed E-state index contributed by atoms with van der Waals surface area (Å²) in [5.74, 6) is -0.275. The van der Waals surface area contributed by atoms with Crippen LogP contribution >= 0.6 is 0 Å². The number of ether oxygens (including phenoxy) is 2. The topological polar surface area (TPSA) is 105 Å². The maximum absolute atomic E-state index is 10.9. The number of hydrogen-bond donors (Lipinski definition) is 2. The molecule has 6 atom stereocenters. The van der Waals surface area contributed by atoms with Crippen molar-refractivity contribution in [1.82, 2.24) is 0 Å². The van der Waals surface area contributed by atoms with Crippen molar-refractivity contribution < 1.29 is 23.3 Å². The minimum absolute atomic E-state index is 0.0216. The molecule has 0 amide bonds. The lowest BCUT2D eigenvalue weighted by Crippen LogP contribution is -2.36. The maximum Gasteiger partial charge on any atom is 0.0895 e. The van der Waals surface area contributed by atoms with Crippen molar-refractivity contribution in [3.05, 3.63) is 12.7 Å². The zero-order valence-electron chi connectivity index (χ0n) is 11.1. The fraction of sp³-hybridized carbons (Fsp3) is 0.833. The van der Waals surface area contributed by atoms with E-state index in [2.05, 4.69) is 6.58 Å². The molecule has 1 saturated heterocycles. The van der Waals surface area contributed by atoms with Crippen LogP contribution in [-0.4, -0.2) is 57.7 Å². The van der Waals surface area contributed by atoms with Gasteiger partial charge in [0.15, 0.2) is 0 Å². The van der Waals surface area contributed by atoms with Crippen LogP contribution < -0.4 is 5.73 Å². The van der Waals surface area contributed by atoms with Gasteiger partial charge in [0.2, 0.25) is 0 Å². The molecule has 112 valence electrons. The minimum atomic E-state index is -2.16. The van der Waals surface area contributed by atoms with Crippen LogP contribution in [0.1, 0.15) is 12.8 Å². The highest BCUT2D eigenvalue weighted by Gasteiger charge is 2.44. The Hall–Kier alpha value is -0.310. The quantitative estimate of drug-likeness (QED) is 0.464. The lowest BCUT2D eigenvalue weighted by Gasteiger charge is -2.24. The van der Waals surface area contributed by atoms with Crippen LogP contribution in [0.5, 0.6) is 0 Å². The Labute approximate surface area is 116 Å². The molecule has 3 N–H and O–H groups in total. The first-order valence-electron chi connectivity index (χ1n) is 6.26. The summed E-state index contributed by atoms with van der Waals surface area (Å²) < 4.78 is 33.1. The van der Waals surface area contributed by atoms with Gasteiger partial charge in [-0.1, -0.05) is 17.2 Å². The van der Waals surface area contributed by atoms with Gasteiger partial charge in [0.05, 0.1) is 24.4 Å². The monoisotopic (exact) mass is 292 g/mol. The highest BCUT2D eigenvalue weighted by Crippen LogP contribution is 2.34. The average molecular weight is 292 g/mol. The number of rotatable bonds is 8. The Bertz CT molecular complexity index is 314. The highest BCUT2D eigenvalue weighted by atomic mass is 32.2. The second-order valence-corrected chi connectivity index (χ2v) is 5.64. The van der Waals surface area contributed by atoms with E-state index in [9.17, 15) is 13.9 Å². The molecular formula is C12H22NO5S-. The molecule has 0 aromatic heterocycles. The largest absolute Gasteiger partial charge is 0.772 e. The van der Waals surface area contributed by atoms with Gasteiger partial charge in [-0.25, -0.2) is 0 Å². The third-order valence-corrected chi connectivity index (χ3v) is 4.05. The molecular weight excluding hydrogens is 270 g/mol. The van der Waals surface area contributed by atoms with Crippen molar-refractivity contribution in [2.45, 2.75) is 37.3 Å². The Kier molecular flexibility index (Phi) is 7.12. The third-order valence-electron chi connectivity index (χ3n) is 3.39. The summed E-state index contributed by atoms with van der Waals surface area (Å²) in [5.41, 5.74) is 5.38. The number of aliphatic hydroxyl groups is 1. The van der Waals surface area contributed by atoms with Crippen LogP contribution in [0.4, 0.5) is 0 Å². The van der Waals surface area contributed by atoms with Crippen LogP contribution in [0.25, 0.3) is 0 Å². The number of nitrogens with two attached hydrogens (primary N) is 1. The van der Waals surface area contributed by atoms with E-state index in [-0.39, 0.29) is 36.5 Å². The molecule has 1 aliphatic heterocycles. The van der Waals surface area contributed by atoms with Gasteiger partial charge in [0.25, 0.3) is 0 Å². The van der Waals surface area contributed by atoms with Crippen molar-refractivity contribution in [2.75, 3.05) is 19.4 Å². The van der Waals surface area contributed by atoms with Gasteiger partial charge < -0.3 is 24.9 Å². The molecule has 0 radical (unpaired) electrons. The van der Waals surface area contributed by atoms with Crippen molar-refractivity contribution >= 4 is 11.1 Å². The smallest absolute Gasteiger partial charge is 0.0895 e. The van der Waals surface area contributed by atoms with Crippen LogP contribution in [0, 0.1) is 5.92 Å². The molecule has 19 heavy (non-hydrogen) atoms. The molecule has 1 rings (SSSR count). The Morgan fingerprint density at radius 3 is 2.79 bits per heavy atom. The Morgan fingerprint density at radius 2 is 2.32 bits per heavy atom. The van der Waals surface area contributed by atoms with E-state index in [1.807, 2.05) is 0 Å². The van der Waals surface area contributed by atoms with Gasteiger partial charge >= 0.3 is 0 Å². The predicted molar refractivity (Wildman–Crippen MR) is 71.2 cm³/mol. The van der Waals surface area contributed by atoms with Crippen molar-refractivity contribution in [2.24, 2.45) is 11.7 Å². The fourth-order valence-electron chi connectivity index (χ4n) is 2.52. The summed E-state index contributed by atoms with van der Waals surface area (Å²) >= 11 is -2.16. The summed E-state index contributed by atoms with van der Waals surface area (Å²) in [6, 6.07) is 0. The van der Waals surface area contributed by atoms with E-state index in [0.717, 1.165) is 0 Å². The first kappa shape index (κ1) is 16.7. The van der Waals surface area contributed by atoms with E-state index in [1.165, 1.54) is 7.11 Å². The van der Waals surface area contributed by atoms with Crippen molar-refractivity contribution in [1.29, 1.82) is 0 Å². The lowest BCUT2D eigenvalue weighted by molar-refractivity contribution is -0.0294. The second kappa shape index (κ2) is 8.08. The zero-order valence-corrected chi connectivity index (χ0v) is 11.9. The predicted octanol–water partition coefficient (Wildman–Crippen LogP) is -0.450. The van der Waals surface area contributed by atoms with Crippen LogP contribution in [0.3, 0.4) is 0 Å². The zero-order chi connectivity index (χ0) is 14.4. The fourth-order valence-corrected chi connectivity index (χ4v) is 3.24. The molecule has 0 aromatic rings. The molecule has 0 spiro atoms. The summed E-state index contributed by atoms with van der Waals surface area (Å²) in [5, 5.41) is 9.61. The molecule has 7 heteroatoms. The molecule has 0 bridgehead atoms. The van der Waals surface area contributed by atoms with E-state index < -0.39 is 17.2 Å². The second-order valence-electron chi connectivity index (χ2n) is 4.70. The van der Waals surface area contributed by atoms with Gasteiger partial charge in [0.1, 0.15) is 0 Å². The number of hydrogen-bond acceptors (Lipinski definition) is 6. The van der Waals surface area contributed by atoms with Crippen LogP contribution in [0.15, 0.2) is 12.7 Å². The van der Waals surface area contributed by atoms with Crippen molar-refractivity contribution in [3.8, 4) is 0 Å². The molecule has 1 aliphatic rings. The van der Waals surface area contributed by atoms with Gasteiger partial charge in [-0.3, -0.25) is 4.21 Å². The van der Waals surface area contributed by atoms with E-state index in [4.69, 9.17) is 15.2 Å². The standard InChI is InChI=1S/C12H23NO5S/c1-3-4-10-9(7-19(15)16)12(17-2)11(18-10)5-8(14)6-13/h3,8-12,14H,1,4-7,13H2,2H3,(H,15,16)/p-1/t8-,9-,10-,11+,12+/m0/s1. The van der Waals surface area contributed by atoms with Crippen LogP contribution in [-0.2, 0) is 20.6 Å². The summed E-state index contributed by atoms with van der Waals surface area (Å²) in [7, 11) is 1.52. The third kappa shape index (κ3) is 4.62. The first-order chi connectivity index (χ1) is 9.03. The number of aliphatic hydroxyl groups excluding tert-OH is 1. The highest BCUT2D eigenvalue weighted by molar-refractivity contribution is 7.79. The summed E-state index contributed by atoms with van der Waals surface area (Å²) in [6.07, 6.45) is 0.950. The van der Waals surface area contributed by atoms with E-state index >= 15 is 0 Å². The van der Waals surface area contributed by atoms with Gasteiger partial charge in [-0.15, -0.1) is 6.58 Å². The Morgan fingerprint density at radius 1 is 1.63 bits per heavy atom.